The molecule has 0 saturated carbocycles. The van der Waals surface area contributed by atoms with Crippen LogP contribution in [0.3, 0.4) is 0 Å². The summed E-state index contributed by atoms with van der Waals surface area (Å²) in [5.74, 6) is 0.0752. The number of nitrogens with one attached hydrogen (secondary N) is 2. The van der Waals surface area contributed by atoms with E-state index in [1.54, 1.807) is 0 Å². The molecule has 0 radical (unpaired) electrons. The molecule has 0 aromatic heterocycles. The van der Waals surface area contributed by atoms with Gasteiger partial charge in [0.15, 0.2) is 0 Å². The van der Waals surface area contributed by atoms with Crippen LogP contribution in [0.5, 0.6) is 0 Å². The SMILES string of the molecule is Cc1ccccc1NC(=O)C(C)N1CCNCC1. The maximum atomic E-state index is 12.2. The molecule has 1 fully saturated rings. The van der Waals surface area contributed by atoms with Crippen molar-refractivity contribution in [2.45, 2.75) is 19.9 Å². The number of anilines is 1. The van der Waals surface area contributed by atoms with Crippen LogP contribution >= 0.6 is 0 Å². The minimum absolute atomic E-state index is 0.0752. The molecule has 2 rings (SSSR count). The van der Waals surface area contributed by atoms with Gasteiger partial charge in [-0.3, -0.25) is 9.69 Å². The van der Waals surface area contributed by atoms with E-state index in [0.29, 0.717) is 0 Å². The van der Waals surface area contributed by atoms with Gasteiger partial charge in [0.2, 0.25) is 5.91 Å². The molecule has 4 heteroatoms. The molecule has 1 aromatic rings. The Bertz CT molecular complexity index is 413. The average molecular weight is 247 g/mol. The van der Waals surface area contributed by atoms with Gasteiger partial charge in [-0.1, -0.05) is 18.2 Å². The molecule has 4 nitrogen and oxygen atoms in total. The number of benzene rings is 1. The molecule has 1 amide bonds. The highest BCUT2D eigenvalue weighted by Gasteiger charge is 2.22. The Morgan fingerprint density at radius 2 is 2.00 bits per heavy atom. The first-order chi connectivity index (χ1) is 8.68. The maximum absolute atomic E-state index is 12.2. The fourth-order valence-electron chi connectivity index (χ4n) is 2.19. The summed E-state index contributed by atoms with van der Waals surface area (Å²) >= 11 is 0. The summed E-state index contributed by atoms with van der Waals surface area (Å²) in [5.41, 5.74) is 2.00. The van der Waals surface area contributed by atoms with Crippen LogP contribution in [0.2, 0.25) is 0 Å². The van der Waals surface area contributed by atoms with Crippen LogP contribution in [0.15, 0.2) is 24.3 Å². The number of nitrogens with zero attached hydrogens (tertiary/aromatic N) is 1. The lowest BCUT2D eigenvalue weighted by atomic mass is 10.2. The molecule has 18 heavy (non-hydrogen) atoms. The number of amides is 1. The third-order valence-corrected chi connectivity index (χ3v) is 3.48. The van der Waals surface area contributed by atoms with Gasteiger partial charge in [-0.05, 0) is 25.5 Å². The molecule has 0 bridgehead atoms. The zero-order chi connectivity index (χ0) is 13.0. The van der Waals surface area contributed by atoms with E-state index >= 15 is 0 Å². The molecular weight excluding hydrogens is 226 g/mol. The van der Waals surface area contributed by atoms with E-state index < -0.39 is 0 Å². The predicted octanol–water partition coefficient (Wildman–Crippen LogP) is 1.23. The minimum atomic E-state index is -0.0771. The van der Waals surface area contributed by atoms with Gasteiger partial charge in [-0.2, -0.15) is 0 Å². The van der Waals surface area contributed by atoms with Crippen molar-refractivity contribution in [2.24, 2.45) is 0 Å². The fraction of sp³-hybridized carbons (Fsp3) is 0.500. The van der Waals surface area contributed by atoms with Crippen molar-refractivity contribution >= 4 is 11.6 Å². The lowest BCUT2D eigenvalue weighted by Crippen LogP contribution is -2.51. The van der Waals surface area contributed by atoms with Gasteiger partial charge in [-0.15, -0.1) is 0 Å². The quantitative estimate of drug-likeness (QED) is 0.844. The van der Waals surface area contributed by atoms with Crippen LogP contribution in [0.4, 0.5) is 5.69 Å². The molecule has 1 heterocycles. The first-order valence-corrected chi connectivity index (χ1v) is 6.50. The van der Waals surface area contributed by atoms with Gasteiger partial charge in [0, 0.05) is 31.9 Å². The number of carbonyl (C=O) groups excluding carboxylic acids is 1. The second-order valence-electron chi connectivity index (χ2n) is 4.77. The van der Waals surface area contributed by atoms with Gasteiger partial charge >= 0.3 is 0 Å². The summed E-state index contributed by atoms with van der Waals surface area (Å²) in [7, 11) is 0. The average Bonchev–Trinajstić information content (AvgIpc) is 2.41. The van der Waals surface area contributed by atoms with Crippen LogP contribution in [0, 0.1) is 6.92 Å². The Kier molecular flexibility index (Phi) is 4.33. The van der Waals surface area contributed by atoms with E-state index in [1.807, 2.05) is 38.1 Å². The summed E-state index contributed by atoms with van der Waals surface area (Å²) in [6, 6.07) is 7.79. The van der Waals surface area contributed by atoms with Gasteiger partial charge in [0.1, 0.15) is 0 Å². The van der Waals surface area contributed by atoms with Crippen LogP contribution in [-0.4, -0.2) is 43.0 Å². The Labute approximate surface area is 108 Å². The van der Waals surface area contributed by atoms with Gasteiger partial charge < -0.3 is 10.6 Å². The van der Waals surface area contributed by atoms with Crippen LogP contribution in [-0.2, 0) is 4.79 Å². The molecular formula is C14H21N3O. The zero-order valence-electron chi connectivity index (χ0n) is 11.1. The Morgan fingerprint density at radius 1 is 1.33 bits per heavy atom. The predicted molar refractivity (Wildman–Crippen MR) is 73.7 cm³/mol. The largest absolute Gasteiger partial charge is 0.324 e. The lowest BCUT2D eigenvalue weighted by molar-refractivity contribution is -0.120. The lowest BCUT2D eigenvalue weighted by Gasteiger charge is -2.31. The first-order valence-electron chi connectivity index (χ1n) is 6.50. The highest BCUT2D eigenvalue weighted by Crippen LogP contribution is 2.14. The summed E-state index contributed by atoms with van der Waals surface area (Å²) in [6.45, 7) is 7.76. The normalized spacial score (nSPS) is 18.3. The number of para-hydroxylation sites is 1. The number of rotatable bonds is 3. The van der Waals surface area contributed by atoms with E-state index in [2.05, 4.69) is 15.5 Å². The van der Waals surface area contributed by atoms with Crippen molar-refractivity contribution in [3.8, 4) is 0 Å². The monoisotopic (exact) mass is 247 g/mol. The van der Waals surface area contributed by atoms with Crippen LogP contribution in [0.25, 0.3) is 0 Å². The van der Waals surface area contributed by atoms with Crippen molar-refractivity contribution < 1.29 is 4.79 Å². The van der Waals surface area contributed by atoms with Crippen molar-refractivity contribution in [3.05, 3.63) is 29.8 Å². The number of piperazine rings is 1. The summed E-state index contributed by atoms with van der Waals surface area (Å²) in [4.78, 5) is 14.4. The van der Waals surface area contributed by atoms with Gasteiger partial charge in [0.25, 0.3) is 0 Å². The Hall–Kier alpha value is -1.39. The third kappa shape index (κ3) is 3.09. The van der Waals surface area contributed by atoms with E-state index in [1.165, 1.54) is 0 Å². The first kappa shape index (κ1) is 13.1. The van der Waals surface area contributed by atoms with E-state index in [4.69, 9.17) is 0 Å². The molecule has 1 aromatic carbocycles. The molecule has 1 aliphatic rings. The molecule has 1 unspecified atom stereocenters. The second kappa shape index (κ2) is 5.98. The minimum Gasteiger partial charge on any atom is -0.324 e. The number of aryl methyl sites for hydroxylation is 1. The number of hydrogen-bond acceptors (Lipinski definition) is 3. The molecule has 2 N–H and O–H groups in total. The third-order valence-electron chi connectivity index (χ3n) is 3.48. The van der Waals surface area contributed by atoms with Gasteiger partial charge in [0.05, 0.1) is 6.04 Å². The highest BCUT2D eigenvalue weighted by molar-refractivity contribution is 5.95. The summed E-state index contributed by atoms with van der Waals surface area (Å²) < 4.78 is 0. The van der Waals surface area contributed by atoms with Gasteiger partial charge in [-0.25, -0.2) is 0 Å². The topological polar surface area (TPSA) is 44.4 Å². The molecule has 1 saturated heterocycles. The molecule has 1 aliphatic heterocycles. The summed E-state index contributed by atoms with van der Waals surface area (Å²) in [6.07, 6.45) is 0. The highest BCUT2D eigenvalue weighted by atomic mass is 16.2. The van der Waals surface area contributed by atoms with Crippen molar-refractivity contribution in [1.29, 1.82) is 0 Å². The Balaban J connectivity index is 1.97. The number of carbonyl (C=O) groups is 1. The van der Waals surface area contributed by atoms with Crippen molar-refractivity contribution in [1.82, 2.24) is 10.2 Å². The molecule has 1 atom stereocenters. The maximum Gasteiger partial charge on any atom is 0.241 e. The smallest absolute Gasteiger partial charge is 0.241 e. The summed E-state index contributed by atoms with van der Waals surface area (Å²) in [5, 5.41) is 6.30. The zero-order valence-corrected chi connectivity index (χ0v) is 11.1. The second-order valence-corrected chi connectivity index (χ2v) is 4.77. The number of hydrogen-bond donors (Lipinski definition) is 2. The van der Waals surface area contributed by atoms with E-state index in [9.17, 15) is 4.79 Å². The molecule has 0 spiro atoms. The Morgan fingerprint density at radius 3 is 2.67 bits per heavy atom. The van der Waals surface area contributed by atoms with E-state index in [-0.39, 0.29) is 11.9 Å². The van der Waals surface area contributed by atoms with Crippen LogP contribution < -0.4 is 10.6 Å². The van der Waals surface area contributed by atoms with E-state index in [0.717, 1.165) is 37.4 Å². The van der Waals surface area contributed by atoms with Crippen molar-refractivity contribution in [3.63, 3.8) is 0 Å². The fourth-order valence-corrected chi connectivity index (χ4v) is 2.19. The molecule has 98 valence electrons. The standard InChI is InChI=1S/C14H21N3O/c1-11-5-3-4-6-13(11)16-14(18)12(2)17-9-7-15-8-10-17/h3-6,12,15H,7-10H2,1-2H3,(H,16,18). The van der Waals surface area contributed by atoms with Crippen LogP contribution in [0.1, 0.15) is 12.5 Å². The van der Waals surface area contributed by atoms with Crippen molar-refractivity contribution in [2.75, 3.05) is 31.5 Å². The molecule has 0 aliphatic carbocycles.